The second-order valence-corrected chi connectivity index (χ2v) is 7.53. The summed E-state index contributed by atoms with van der Waals surface area (Å²) in [6, 6.07) is 6.53. The van der Waals surface area contributed by atoms with Gasteiger partial charge in [-0.2, -0.15) is 0 Å². The molecule has 1 fully saturated rings. The minimum absolute atomic E-state index is 0.128. The summed E-state index contributed by atoms with van der Waals surface area (Å²) in [5.41, 5.74) is 2.66. The molecule has 20 heavy (non-hydrogen) atoms. The number of ether oxygens (including phenoxy) is 1. The summed E-state index contributed by atoms with van der Waals surface area (Å²) < 4.78 is 5.42. The topological polar surface area (TPSA) is 49.7 Å². The smallest absolute Gasteiger partial charge is 0.109 e. The van der Waals surface area contributed by atoms with Gasteiger partial charge < -0.3 is 14.9 Å². The fourth-order valence-corrected chi connectivity index (χ4v) is 3.35. The first-order valence-corrected chi connectivity index (χ1v) is 7.99. The molecule has 3 nitrogen and oxygen atoms in total. The lowest BCUT2D eigenvalue weighted by Gasteiger charge is -2.21. The van der Waals surface area contributed by atoms with Crippen molar-refractivity contribution in [2.75, 3.05) is 12.4 Å². The normalized spacial score (nSPS) is 27.0. The molecule has 0 bridgehead atoms. The van der Waals surface area contributed by atoms with Crippen molar-refractivity contribution >= 4 is 11.8 Å². The first-order chi connectivity index (χ1) is 9.29. The number of hydrogen-bond donors (Lipinski definition) is 2. The third-order valence-corrected chi connectivity index (χ3v) is 4.96. The van der Waals surface area contributed by atoms with Crippen LogP contribution in [0.2, 0.25) is 0 Å². The molecule has 2 rings (SSSR count). The number of rotatable bonds is 3. The molecule has 1 aromatic carbocycles. The van der Waals surface area contributed by atoms with E-state index in [0.29, 0.717) is 5.75 Å². The second kappa shape index (κ2) is 6.06. The molecule has 2 N–H and O–H groups in total. The highest BCUT2D eigenvalue weighted by Gasteiger charge is 2.34. The number of thioether (sulfide) groups is 1. The highest BCUT2D eigenvalue weighted by molar-refractivity contribution is 7.99. The Balaban J connectivity index is 2.06. The molecule has 0 aromatic heterocycles. The zero-order valence-corrected chi connectivity index (χ0v) is 13.4. The van der Waals surface area contributed by atoms with E-state index in [-0.39, 0.29) is 18.1 Å². The average Bonchev–Trinajstić information content (AvgIpc) is 2.68. The number of benzene rings is 1. The zero-order valence-electron chi connectivity index (χ0n) is 12.6. The lowest BCUT2D eigenvalue weighted by atomic mass is 9.87. The van der Waals surface area contributed by atoms with Crippen LogP contribution in [-0.2, 0) is 10.2 Å². The molecule has 0 saturated carbocycles. The van der Waals surface area contributed by atoms with Gasteiger partial charge in [0, 0.05) is 10.6 Å². The number of aliphatic hydroxyl groups is 2. The zero-order chi connectivity index (χ0) is 14.9. The van der Waals surface area contributed by atoms with Gasteiger partial charge in [0.15, 0.2) is 0 Å². The highest BCUT2D eigenvalue weighted by atomic mass is 32.2. The van der Waals surface area contributed by atoms with Crippen LogP contribution < -0.4 is 0 Å². The van der Waals surface area contributed by atoms with Gasteiger partial charge in [-0.25, -0.2) is 0 Å². The van der Waals surface area contributed by atoms with E-state index in [4.69, 9.17) is 4.74 Å². The molecule has 1 heterocycles. The molecule has 1 aliphatic heterocycles. The minimum atomic E-state index is -0.770. The van der Waals surface area contributed by atoms with Crippen molar-refractivity contribution < 1.29 is 14.9 Å². The van der Waals surface area contributed by atoms with Gasteiger partial charge in [-0.15, -0.1) is 11.8 Å². The summed E-state index contributed by atoms with van der Waals surface area (Å²) in [7, 11) is 0. The first kappa shape index (κ1) is 15.8. The van der Waals surface area contributed by atoms with Crippen LogP contribution in [0.4, 0.5) is 0 Å². The second-order valence-electron chi connectivity index (χ2n) is 6.47. The fourth-order valence-electron chi connectivity index (χ4n) is 2.21. The highest BCUT2D eigenvalue weighted by Crippen LogP contribution is 2.31. The molecule has 0 spiro atoms. The molecular formula is C16H24O3S. The molecule has 112 valence electrons. The van der Waals surface area contributed by atoms with Gasteiger partial charge in [-0.1, -0.05) is 32.9 Å². The molecular weight excluding hydrogens is 272 g/mol. The van der Waals surface area contributed by atoms with Crippen LogP contribution >= 0.6 is 11.8 Å². The summed E-state index contributed by atoms with van der Waals surface area (Å²) in [5.74, 6) is 0.659. The van der Waals surface area contributed by atoms with Crippen LogP contribution in [0.1, 0.15) is 31.9 Å². The van der Waals surface area contributed by atoms with Crippen molar-refractivity contribution in [1.29, 1.82) is 0 Å². The molecule has 1 aromatic rings. The van der Waals surface area contributed by atoms with E-state index < -0.39 is 12.2 Å². The fraction of sp³-hybridized carbons (Fsp3) is 0.625. The largest absolute Gasteiger partial charge is 0.388 e. The van der Waals surface area contributed by atoms with Crippen LogP contribution in [-0.4, -0.2) is 40.9 Å². The van der Waals surface area contributed by atoms with Gasteiger partial charge in [0.1, 0.15) is 12.2 Å². The standard InChI is InChI=1S/C16H24O3S/c1-10-5-6-11(16(2,3)4)7-14(10)20-9-13-15(18)12(17)8-19-13/h5-7,12-13,15,17-18H,8-9H2,1-4H3. The minimum Gasteiger partial charge on any atom is -0.388 e. The predicted molar refractivity (Wildman–Crippen MR) is 82.4 cm³/mol. The summed E-state index contributed by atoms with van der Waals surface area (Å²) in [6.07, 6.45) is -1.80. The Morgan fingerprint density at radius 2 is 2.00 bits per heavy atom. The van der Waals surface area contributed by atoms with E-state index in [0.717, 1.165) is 0 Å². The van der Waals surface area contributed by atoms with Crippen LogP contribution in [0, 0.1) is 6.92 Å². The maximum atomic E-state index is 9.80. The van der Waals surface area contributed by atoms with Crippen molar-refractivity contribution in [2.24, 2.45) is 0 Å². The van der Waals surface area contributed by atoms with Crippen LogP contribution in [0.3, 0.4) is 0 Å². The lowest BCUT2D eigenvalue weighted by molar-refractivity contribution is 0.0337. The van der Waals surface area contributed by atoms with Gasteiger partial charge in [0.25, 0.3) is 0 Å². The molecule has 3 atom stereocenters. The maximum Gasteiger partial charge on any atom is 0.109 e. The molecule has 0 amide bonds. The molecule has 1 aliphatic rings. The molecule has 4 heteroatoms. The van der Waals surface area contributed by atoms with E-state index in [2.05, 4.69) is 45.9 Å². The Morgan fingerprint density at radius 1 is 1.30 bits per heavy atom. The van der Waals surface area contributed by atoms with Crippen LogP contribution in [0.25, 0.3) is 0 Å². The number of aliphatic hydroxyl groups excluding tert-OH is 2. The van der Waals surface area contributed by atoms with E-state index in [1.807, 2.05) is 0 Å². The SMILES string of the molecule is Cc1ccc(C(C)(C)C)cc1SCC1OCC(O)C1O. The van der Waals surface area contributed by atoms with Gasteiger partial charge in [-0.3, -0.25) is 0 Å². The number of aryl methyl sites for hydroxylation is 1. The molecule has 1 saturated heterocycles. The average molecular weight is 296 g/mol. The quantitative estimate of drug-likeness (QED) is 0.842. The Kier molecular flexibility index (Phi) is 4.80. The summed E-state index contributed by atoms with van der Waals surface area (Å²) in [6.45, 7) is 8.92. The summed E-state index contributed by atoms with van der Waals surface area (Å²) in [4.78, 5) is 1.22. The van der Waals surface area contributed by atoms with E-state index in [1.54, 1.807) is 11.8 Å². The van der Waals surface area contributed by atoms with E-state index in [9.17, 15) is 10.2 Å². The van der Waals surface area contributed by atoms with Gasteiger partial charge in [-0.05, 0) is 29.5 Å². The third-order valence-electron chi connectivity index (χ3n) is 3.71. The lowest BCUT2D eigenvalue weighted by Crippen LogP contribution is -2.31. The molecule has 0 aliphatic carbocycles. The molecule has 3 unspecified atom stereocenters. The third kappa shape index (κ3) is 3.55. The van der Waals surface area contributed by atoms with Crippen molar-refractivity contribution in [3.8, 4) is 0 Å². The van der Waals surface area contributed by atoms with Gasteiger partial charge in [0.05, 0.1) is 12.7 Å². The monoisotopic (exact) mass is 296 g/mol. The summed E-state index contributed by atoms with van der Waals surface area (Å²) in [5, 5.41) is 19.3. The van der Waals surface area contributed by atoms with Crippen molar-refractivity contribution in [3.05, 3.63) is 29.3 Å². The summed E-state index contributed by atoms with van der Waals surface area (Å²) >= 11 is 1.68. The number of hydrogen-bond acceptors (Lipinski definition) is 4. The Hall–Kier alpha value is -0.550. The Labute approximate surface area is 125 Å². The van der Waals surface area contributed by atoms with Gasteiger partial charge >= 0.3 is 0 Å². The first-order valence-electron chi connectivity index (χ1n) is 7.00. The predicted octanol–water partition coefficient (Wildman–Crippen LogP) is 2.51. The van der Waals surface area contributed by atoms with E-state index in [1.165, 1.54) is 16.0 Å². The Morgan fingerprint density at radius 3 is 2.55 bits per heavy atom. The molecule has 0 radical (unpaired) electrons. The van der Waals surface area contributed by atoms with Gasteiger partial charge in [0.2, 0.25) is 0 Å². The van der Waals surface area contributed by atoms with Crippen molar-refractivity contribution in [3.63, 3.8) is 0 Å². The van der Waals surface area contributed by atoms with Crippen molar-refractivity contribution in [2.45, 2.75) is 56.3 Å². The van der Waals surface area contributed by atoms with Crippen LogP contribution in [0.5, 0.6) is 0 Å². The maximum absolute atomic E-state index is 9.80. The Bertz CT molecular complexity index is 467. The van der Waals surface area contributed by atoms with Crippen molar-refractivity contribution in [1.82, 2.24) is 0 Å². The van der Waals surface area contributed by atoms with E-state index >= 15 is 0 Å². The van der Waals surface area contributed by atoms with Crippen LogP contribution in [0.15, 0.2) is 23.1 Å².